The lowest BCUT2D eigenvalue weighted by molar-refractivity contribution is 0.347. The fourth-order valence-electron chi connectivity index (χ4n) is 3.81. The topological polar surface area (TPSA) is 3.24 Å². The Morgan fingerprint density at radius 1 is 1.05 bits per heavy atom. The summed E-state index contributed by atoms with van der Waals surface area (Å²) in [4.78, 5) is 2.45. The fraction of sp³-hybridized carbons (Fsp3) is 0.706. The van der Waals surface area contributed by atoms with Crippen molar-refractivity contribution in [3.05, 3.63) is 24.3 Å². The lowest BCUT2D eigenvalue weighted by Crippen LogP contribution is -2.34. The predicted molar refractivity (Wildman–Crippen MR) is 89.6 cm³/mol. The van der Waals surface area contributed by atoms with Crippen LogP contribution in [0.2, 0.25) is 0 Å². The van der Waals surface area contributed by atoms with Gasteiger partial charge in [-0.25, -0.2) is 0 Å². The third-order valence-electron chi connectivity index (χ3n) is 4.46. The molecule has 2 aliphatic carbocycles. The normalized spacial score (nSPS) is 29.7. The standard InChI is InChI=1S/C17H29NP/c1-12(2)19(13(3)4)17-15-10-8-7-9-14(15)11-16(17)18(5)6/h7-10,12-16H,11H2,1-6H3/q+1. The molecule has 0 saturated heterocycles. The van der Waals surface area contributed by atoms with Crippen molar-refractivity contribution in [3.63, 3.8) is 0 Å². The van der Waals surface area contributed by atoms with Gasteiger partial charge in [0.25, 0.3) is 0 Å². The number of hydrogen-bond acceptors (Lipinski definition) is 1. The van der Waals surface area contributed by atoms with E-state index in [0.29, 0.717) is 12.0 Å². The van der Waals surface area contributed by atoms with Gasteiger partial charge >= 0.3 is 0 Å². The van der Waals surface area contributed by atoms with Crippen LogP contribution in [0.3, 0.4) is 0 Å². The molecule has 2 aliphatic rings. The zero-order valence-electron chi connectivity index (χ0n) is 13.3. The summed E-state index contributed by atoms with van der Waals surface area (Å²) in [5.74, 6) is 1.45. The van der Waals surface area contributed by atoms with E-state index in [2.05, 4.69) is 71.0 Å². The van der Waals surface area contributed by atoms with Crippen LogP contribution < -0.4 is 0 Å². The van der Waals surface area contributed by atoms with E-state index in [0.717, 1.165) is 17.2 Å². The van der Waals surface area contributed by atoms with Crippen molar-refractivity contribution in [3.8, 4) is 0 Å². The van der Waals surface area contributed by atoms with Gasteiger partial charge in [-0.3, -0.25) is 4.90 Å². The summed E-state index contributed by atoms with van der Waals surface area (Å²) in [6.07, 6.45) is 10.7. The minimum Gasteiger partial charge on any atom is -0.299 e. The first-order chi connectivity index (χ1) is 8.93. The Balaban J connectivity index is 2.51. The van der Waals surface area contributed by atoms with E-state index in [-0.39, 0.29) is 7.55 Å². The van der Waals surface area contributed by atoms with Crippen molar-refractivity contribution >= 4 is 12.8 Å². The van der Waals surface area contributed by atoms with Crippen LogP contribution in [-0.4, -0.2) is 41.6 Å². The quantitative estimate of drug-likeness (QED) is 0.701. The first-order valence-electron chi connectivity index (χ1n) is 7.60. The summed E-state index contributed by atoms with van der Waals surface area (Å²) < 4.78 is 0. The molecular weight excluding hydrogens is 249 g/mol. The molecule has 2 heteroatoms. The van der Waals surface area contributed by atoms with Crippen LogP contribution in [0.1, 0.15) is 34.1 Å². The Hall–Kier alpha value is -0.390. The average Bonchev–Trinajstić information content (AvgIpc) is 2.68. The van der Waals surface area contributed by atoms with Crippen LogP contribution >= 0.6 is 7.55 Å². The molecule has 3 atom stereocenters. The summed E-state index contributed by atoms with van der Waals surface area (Å²) in [5.41, 5.74) is 1.59. The van der Waals surface area contributed by atoms with Crippen LogP contribution in [0.4, 0.5) is 0 Å². The van der Waals surface area contributed by atoms with Gasteiger partial charge < -0.3 is 0 Å². The Morgan fingerprint density at radius 3 is 2.16 bits per heavy atom. The highest BCUT2D eigenvalue weighted by atomic mass is 31.1. The number of allylic oxidation sites excluding steroid dienone is 4. The molecule has 1 saturated carbocycles. The molecule has 3 unspecified atom stereocenters. The third kappa shape index (κ3) is 2.88. The van der Waals surface area contributed by atoms with Gasteiger partial charge in [0, 0.05) is 5.92 Å². The highest BCUT2D eigenvalue weighted by Crippen LogP contribution is 2.47. The fourth-order valence-corrected chi connectivity index (χ4v) is 7.50. The lowest BCUT2D eigenvalue weighted by Gasteiger charge is -2.21. The van der Waals surface area contributed by atoms with Crippen molar-refractivity contribution in [1.29, 1.82) is 0 Å². The largest absolute Gasteiger partial charge is 0.299 e. The van der Waals surface area contributed by atoms with E-state index in [9.17, 15) is 0 Å². The van der Waals surface area contributed by atoms with Crippen molar-refractivity contribution < 1.29 is 0 Å². The monoisotopic (exact) mass is 278 g/mol. The van der Waals surface area contributed by atoms with Crippen molar-refractivity contribution in [2.45, 2.75) is 51.5 Å². The van der Waals surface area contributed by atoms with Gasteiger partial charge in [-0.05, 0) is 54.1 Å². The summed E-state index contributed by atoms with van der Waals surface area (Å²) >= 11 is 0. The molecule has 0 aromatic rings. The zero-order chi connectivity index (χ0) is 14.2. The maximum Gasteiger partial charge on any atom is 0.123 e. The molecule has 19 heavy (non-hydrogen) atoms. The second-order valence-corrected chi connectivity index (χ2v) is 10.1. The minimum absolute atomic E-state index is 0.00527. The maximum absolute atomic E-state index is 2.46. The molecule has 0 radical (unpaired) electrons. The van der Waals surface area contributed by atoms with E-state index < -0.39 is 0 Å². The average molecular weight is 278 g/mol. The molecule has 1 nitrogen and oxygen atoms in total. The summed E-state index contributed by atoms with van der Waals surface area (Å²) in [6.45, 7) is 9.67. The minimum atomic E-state index is -0.00527. The molecular formula is C17H29NP+. The number of rotatable bonds is 3. The molecule has 0 amide bonds. The second kappa shape index (κ2) is 5.94. The van der Waals surface area contributed by atoms with E-state index in [1.54, 1.807) is 0 Å². The lowest BCUT2D eigenvalue weighted by atomic mass is 9.92. The SMILES string of the molecule is CC(C)[P+](=C1C2C=CC=CC2CC1N(C)C)C(C)C. The Morgan fingerprint density at radius 2 is 1.63 bits per heavy atom. The summed E-state index contributed by atoms with van der Waals surface area (Å²) in [6, 6.07) is 0.679. The van der Waals surface area contributed by atoms with Gasteiger partial charge in [-0.2, -0.15) is 0 Å². The zero-order valence-corrected chi connectivity index (χ0v) is 14.2. The first kappa shape index (κ1) is 15.0. The Labute approximate surface area is 120 Å². The van der Waals surface area contributed by atoms with E-state index >= 15 is 0 Å². The molecule has 0 bridgehead atoms. The highest BCUT2D eigenvalue weighted by molar-refractivity contribution is 7.60. The number of hydrogen-bond donors (Lipinski definition) is 0. The molecule has 0 aliphatic heterocycles. The molecule has 0 spiro atoms. The van der Waals surface area contributed by atoms with Crippen LogP contribution in [0.25, 0.3) is 0 Å². The van der Waals surface area contributed by atoms with Crippen LogP contribution in [0.5, 0.6) is 0 Å². The molecule has 1 fully saturated rings. The Bertz CT molecular complexity index is 405. The molecule has 0 aromatic heterocycles. The van der Waals surface area contributed by atoms with Gasteiger partial charge in [0.1, 0.15) is 24.2 Å². The summed E-state index contributed by atoms with van der Waals surface area (Å²) in [5, 5.41) is 1.86. The van der Waals surface area contributed by atoms with Gasteiger partial charge in [0.2, 0.25) is 0 Å². The second-order valence-electron chi connectivity index (χ2n) is 6.69. The first-order valence-corrected chi connectivity index (χ1v) is 9.08. The van der Waals surface area contributed by atoms with Gasteiger partial charge in [-0.15, -0.1) is 0 Å². The maximum atomic E-state index is 2.46. The number of fused-ring (bicyclic) bond motifs is 1. The van der Waals surface area contributed by atoms with Gasteiger partial charge in [0.15, 0.2) is 0 Å². The van der Waals surface area contributed by atoms with Crippen LogP contribution in [0.15, 0.2) is 24.3 Å². The van der Waals surface area contributed by atoms with E-state index in [1.807, 2.05) is 5.29 Å². The van der Waals surface area contributed by atoms with Crippen molar-refractivity contribution in [2.75, 3.05) is 14.1 Å². The third-order valence-corrected chi connectivity index (χ3v) is 7.88. The van der Waals surface area contributed by atoms with Crippen molar-refractivity contribution in [2.24, 2.45) is 11.8 Å². The van der Waals surface area contributed by atoms with E-state index in [1.165, 1.54) is 6.42 Å². The molecule has 0 heterocycles. The smallest absolute Gasteiger partial charge is 0.123 e. The number of nitrogens with zero attached hydrogens (tertiary/aromatic N) is 1. The van der Waals surface area contributed by atoms with Crippen LogP contribution in [0, 0.1) is 11.8 Å². The van der Waals surface area contributed by atoms with Gasteiger partial charge in [0.05, 0.1) is 6.04 Å². The molecule has 0 aromatic carbocycles. The highest BCUT2D eigenvalue weighted by Gasteiger charge is 2.46. The molecule has 2 rings (SSSR count). The summed E-state index contributed by atoms with van der Waals surface area (Å²) in [7, 11) is 4.50. The van der Waals surface area contributed by atoms with Crippen molar-refractivity contribution in [1.82, 2.24) is 4.90 Å². The van der Waals surface area contributed by atoms with Gasteiger partial charge in [-0.1, -0.05) is 24.3 Å². The van der Waals surface area contributed by atoms with E-state index in [4.69, 9.17) is 0 Å². The van der Waals surface area contributed by atoms with Crippen LogP contribution in [-0.2, 0) is 0 Å². The Kier molecular flexibility index (Phi) is 4.69. The predicted octanol–water partition coefficient (Wildman–Crippen LogP) is 4.15. The molecule has 0 N–H and O–H groups in total. The molecule has 106 valence electrons.